The van der Waals surface area contributed by atoms with Gasteiger partial charge in [-0.25, -0.2) is 4.98 Å². The first-order valence-corrected chi connectivity index (χ1v) is 7.37. The van der Waals surface area contributed by atoms with Gasteiger partial charge in [-0.3, -0.25) is 0 Å². The maximum Gasteiger partial charge on any atom is 0.125 e. The number of aryl methyl sites for hydroxylation is 1. The van der Waals surface area contributed by atoms with Crippen LogP contribution in [-0.2, 0) is 6.42 Å². The summed E-state index contributed by atoms with van der Waals surface area (Å²) in [6.45, 7) is 0. The van der Waals surface area contributed by atoms with Crippen LogP contribution in [0.3, 0.4) is 0 Å². The zero-order chi connectivity index (χ0) is 11.8. The molecule has 0 fully saturated rings. The van der Waals surface area contributed by atoms with Gasteiger partial charge in [-0.1, -0.05) is 34.1 Å². The van der Waals surface area contributed by atoms with Crippen molar-refractivity contribution in [2.24, 2.45) is 5.73 Å². The molecule has 2 nitrogen and oxygen atoms in total. The average Bonchev–Trinajstić information content (AvgIpc) is 2.75. The van der Waals surface area contributed by atoms with E-state index in [2.05, 4.69) is 28.1 Å². The summed E-state index contributed by atoms with van der Waals surface area (Å²) in [5.74, 6) is 0. The number of hydrogen-bond donors (Lipinski definition) is 1. The molecule has 1 aromatic carbocycles. The predicted octanol–water partition coefficient (Wildman–Crippen LogP) is 3.91. The second-order valence-electron chi connectivity index (χ2n) is 4.31. The summed E-state index contributed by atoms with van der Waals surface area (Å²) in [6, 6.07) is 8.34. The van der Waals surface area contributed by atoms with Crippen LogP contribution >= 0.6 is 27.3 Å². The van der Waals surface area contributed by atoms with Crippen LogP contribution in [0.4, 0.5) is 0 Å². The molecular weight excluding hydrogens is 296 g/mol. The minimum atomic E-state index is 0.131. The molecule has 0 spiro atoms. The van der Waals surface area contributed by atoms with Crippen molar-refractivity contribution in [3.05, 3.63) is 39.3 Å². The van der Waals surface area contributed by atoms with Crippen molar-refractivity contribution in [3.63, 3.8) is 0 Å². The Morgan fingerprint density at radius 2 is 2.18 bits per heavy atom. The summed E-state index contributed by atoms with van der Waals surface area (Å²) in [6.07, 6.45) is 3.38. The Morgan fingerprint density at radius 3 is 2.94 bits per heavy atom. The van der Waals surface area contributed by atoms with Crippen molar-refractivity contribution < 1.29 is 0 Å². The fourth-order valence-corrected chi connectivity index (χ4v) is 4.02. The lowest BCUT2D eigenvalue weighted by atomic mass is 9.99. The van der Waals surface area contributed by atoms with Crippen LogP contribution in [-0.4, -0.2) is 4.98 Å². The second-order valence-corrected chi connectivity index (χ2v) is 6.24. The monoisotopic (exact) mass is 308 g/mol. The number of benzene rings is 1. The van der Waals surface area contributed by atoms with Gasteiger partial charge in [0, 0.05) is 21.0 Å². The number of halogens is 1. The van der Waals surface area contributed by atoms with Crippen molar-refractivity contribution in [2.45, 2.75) is 25.3 Å². The van der Waals surface area contributed by atoms with Crippen LogP contribution in [0.2, 0.25) is 0 Å². The lowest BCUT2D eigenvalue weighted by molar-refractivity contribution is 0.564. The molecule has 4 heteroatoms. The Balaban J connectivity index is 2.08. The molecule has 1 atom stereocenters. The van der Waals surface area contributed by atoms with Gasteiger partial charge in [-0.2, -0.15) is 0 Å². The minimum Gasteiger partial charge on any atom is -0.323 e. The molecule has 88 valence electrons. The first-order valence-electron chi connectivity index (χ1n) is 5.76. The van der Waals surface area contributed by atoms with Crippen molar-refractivity contribution in [2.75, 3.05) is 0 Å². The van der Waals surface area contributed by atoms with Gasteiger partial charge < -0.3 is 5.73 Å². The van der Waals surface area contributed by atoms with Gasteiger partial charge in [0.1, 0.15) is 5.01 Å². The van der Waals surface area contributed by atoms with Gasteiger partial charge in [0.2, 0.25) is 0 Å². The summed E-state index contributed by atoms with van der Waals surface area (Å²) < 4.78 is 1.10. The molecule has 0 saturated heterocycles. The maximum absolute atomic E-state index is 6.11. The van der Waals surface area contributed by atoms with Gasteiger partial charge in [0.15, 0.2) is 0 Å². The molecule has 0 bridgehead atoms. The number of hydrogen-bond acceptors (Lipinski definition) is 3. The normalized spacial score (nSPS) is 19.1. The third-order valence-electron chi connectivity index (χ3n) is 3.10. The topological polar surface area (TPSA) is 38.9 Å². The number of nitrogens with two attached hydrogens (primary N) is 1. The molecule has 1 heterocycles. The van der Waals surface area contributed by atoms with E-state index in [1.165, 1.54) is 16.9 Å². The molecule has 1 aliphatic rings. The summed E-state index contributed by atoms with van der Waals surface area (Å²) in [4.78, 5) is 6.10. The van der Waals surface area contributed by atoms with Gasteiger partial charge in [0.25, 0.3) is 0 Å². The van der Waals surface area contributed by atoms with E-state index in [1.54, 1.807) is 11.3 Å². The molecule has 1 aromatic heterocycles. The van der Waals surface area contributed by atoms with E-state index >= 15 is 0 Å². The molecule has 2 N–H and O–H groups in total. The van der Waals surface area contributed by atoms with Gasteiger partial charge in [-0.05, 0) is 25.3 Å². The summed E-state index contributed by atoms with van der Waals surface area (Å²) in [5.41, 5.74) is 8.39. The quantitative estimate of drug-likeness (QED) is 0.867. The van der Waals surface area contributed by atoms with E-state index in [1.807, 2.05) is 12.1 Å². The number of rotatable bonds is 1. The van der Waals surface area contributed by atoms with E-state index in [0.29, 0.717) is 0 Å². The third kappa shape index (κ3) is 2.05. The lowest BCUT2D eigenvalue weighted by Crippen LogP contribution is -2.16. The third-order valence-corrected chi connectivity index (χ3v) is 4.96. The van der Waals surface area contributed by atoms with Gasteiger partial charge in [-0.15, -0.1) is 11.3 Å². The van der Waals surface area contributed by atoms with Crippen LogP contribution in [0.25, 0.3) is 10.6 Å². The first-order chi connectivity index (χ1) is 8.25. The number of nitrogens with zero attached hydrogens (tertiary/aromatic N) is 1. The highest BCUT2D eigenvalue weighted by Gasteiger charge is 2.22. The van der Waals surface area contributed by atoms with E-state index in [9.17, 15) is 0 Å². The Kier molecular flexibility index (Phi) is 3.03. The Bertz CT molecular complexity index is 550. The summed E-state index contributed by atoms with van der Waals surface area (Å²) >= 11 is 5.36. The smallest absolute Gasteiger partial charge is 0.125 e. The molecular formula is C13H13BrN2S. The predicted molar refractivity (Wildman–Crippen MR) is 75.1 cm³/mol. The van der Waals surface area contributed by atoms with Crippen molar-refractivity contribution in [3.8, 4) is 10.6 Å². The largest absolute Gasteiger partial charge is 0.323 e. The molecule has 17 heavy (non-hydrogen) atoms. The minimum absolute atomic E-state index is 0.131. The molecule has 0 aliphatic heterocycles. The fourth-order valence-electron chi connectivity index (χ4n) is 2.20. The molecule has 0 radical (unpaired) electrons. The first kappa shape index (κ1) is 11.4. The van der Waals surface area contributed by atoms with E-state index in [4.69, 9.17) is 10.7 Å². The SMILES string of the molecule is NC1CCCc2sc(-c3ccccc3Br)nc21. The van der Waals surface area contributed by atoms with Crippen molar-refractivity contribution >= 4 is 27.3 Å². The van der Waals surface area contributed by atoms with E-state index in [-0.39, 0.29) is 6.04 Å². The number of thiazole rings is 1. The Labute approximate surface area is 113 Å². The van der Waals surface area contributed by atoms with Gasteiger partial charge in [0.05, 0.1) is 5.69 Å². The highest BCUT2D eigenvalue weighted by molar-refractivity contribution is 9.10. The molecule has 1 aliphatic carbocycles. The zero-order valence-corrected chi connectivity index (χ0v) is 11.7. The molecule has 1 unspecified atom stereocenters. The summed E-state index contributed by atoms with van der Waals surface area (Å²) in [7, 11) is 0. The Morgan fingerprint density at radius 1 is 1.35 bits per heavy atom. The van der Waals surface area contributed by atoms with Crippen molar-refractivity contribution in [1.82, 2.24) is 4.98 Å². The van der Waals surface area contributed by atoms with Gasteiger partial charge >= 0.3 is 0 Å². The maximum atomic E-state index is 6.11. The zero-order valence-electron chi connectivity index (χ0n) is 9.32. The standard InChI is InChI=1S/C13H13BrN2S/c14-9-5-2-1-4-8(9)13-16-12-10(15)6-3-7-11(12)17-13/h1-2,4-5,10H,3,6-7,15H2. The van der Waals surface area contributed by atoms with E-state index in [0.717, 1.165) is 28.0 Å². The number of fused-ring (bicyclic) bond motifs is 1. The van der Waals surface area contributed by atoms with Crippen molar-refractivity contribution in [1.29, 1.82) is 0 Å². The lowest BCUT2D eigenvalue weighted by Gasteiger charge is -2.15. The molecule has 2 aromatic rings. The Hall–Kier alpha value is -0.710. The van der Waals surface area contributed by atoms with Crippen LogP contribution in [0, 0.1) is 0 Å². The van der Waals surface area contributed by atoms with Crippen LogP contribution in [0.1, 0.15) is 29.5 Å². The average molecular weight is 309 g/mol. The summed E-state index contributed by atoms with van der Waals surface area (Å²) in [5, 5.41) is 1.08. The fraction of sp³-hybridized carbons (Fsp3) is 0.308. The number of aromatic nitrogens is 1. The molecule has 0 amide bonds. The van der Waals surface area contributed by atoms with Crippen LogP contribution < -0.4 is 5.73 Å². The van der Waals surface area contributed by atoms with Crippen LogP contribution in [0.5, 0.6) is 0 Å². The van der Waals surface area contributed by atoms with Crippen LogP contribution in [0.15, 0.2) is 28.7 Å². The van der Waals surface area contributed by atoms with E-state index < -0.39 is 0 Å². The molecule has 3 rings (SSSR count). The molecule has 0 saturated carbocycles. The highest BCUT2D eigenvalue weighted by atomic mass is 79.9. The second kappa shape index (κ2) is 4.52. The highest BCUT2D eigenvalue weighted by Crippen LogP contribution is 2.38.